The Morgan fingerprint density at radius 2 is 1.87 bits per heavy atom. The van der Waals surface area contributed by atoms with Crippen LogP contribution in [0, 0.1) is 5.92 Å². The Morgan fingerprint density at radius 1 is 1.20 bits per heavy atom. The molecule has 0 saturated heterocycles. The predicted octanol–water partition coefficient (Wildman–Crippen LogP) is 3.13. The molecule has 90 valence electrons. The van der Waals surface area contributed by atoms with Gasteiger partial charge < -0.3 is 9.84 Å². The second-order valence-electron chi connectivity index (χ2n) is 4.81. The van der Waals surface area contributed by atoms with Crippen LogP contribution in [0.2, 0.25) is 0 Å². The molecule has 1 rings (SSSR count). The number of aliphatic hydroxyl groups excluding tert-OH is 1. The van der Waals surface area contributed by atoms with E-state index in [1.54, 1.807) is 7.11 Å². The number of aliphatic hydroxyl groups is 1. The number of methoxy groups -OCH3 is 1. The normalized spacial score (nSPS) is 20.2. The Labute approximate surface area is 94.0 Å². The monoisotopic (exact) mass is 214 g/mol. The van der Waals surface area contributed by atoms with Crippen molar-refractivity contribution in [3.8, 4) is 0 Å². The average Bonchev–Trinajstić information content (AvgIpc) is 3.03. The van der Waals surface area contributed by atoms with Gasteiger partial charge in [0, 0.05) is 7.11 Å². The van der Waals surface area contributed by atoms with Crippen LogP contribution in [0.4, 0.5) is 0 Å². The summed E-state index contributed by atoms with van der Waals surface area (Å²) >= 11 is 0. The second kappa shape index (κ2) is 7.24. The van der Waals surface area contributed by atoms with E-state index in [1.807, 2.05) is 0 Å². The standard InChI is InChI=1S/C13H26O2/c1-3-4-5-6-7-8-12(14)13(15-2)11-9-10-11/h11-14H,3-10H2,1-2H3. The largest absolute Gasteiger partial charge is 0.390 e. The summed E-state index contributed by atoms with van der Waals surface area (Å²) in [6.45, 7) is 2.23. The number of hydrogen-bond acceptors (Lipinski definition) is 2. The minimum Gasteiger partial charge on any atom is -0.390 e. The maximum atomic E-state index is 9.95. The van der Waals surface area contributed by atoms with Crippen molar-refractivity contribution in [3.05, 3.63) is 0 Å². The third-order valence-electron chi connectivity index (χ3n) is 3.34. The lowest BCUT2D eigenvalue weighted by Gasteiger charge is -2.21. The van der Waals surface area contributed by atoms with E-state index in [9.17, 15) is 5.11 Å². The summed E-state index contributed by atoms with van der Waals surface area (Å²) in [4.78, 5) is 0. The van der Waals surface area contributed by atoms with Gasteiger partial charge in [-0.15, -0.1) is 0 Å². The zero-order valence-corrected chi connectivity index (χ0v) is 10.2. The second-order valence-corrected chi connectivity index (χ2v) is 4.81. The van der Waals surface area contributed by atoms with Gasteiger partial charge in [0.15, 0.2) is 0 Å². The van der Waals surface area contributed by atoms with E-state index in [1.165, 1.54) is 38.5 Å². The van der Waals surface area contributed by atoms with Crippen molar-refractivity contribution in [3.63, 3.8) is 0 Å². The van der Waals surface area contributed by atoms with Gasteiger partial charge in [-0.3, -0.25) is 0 Å². The van der Waals surface area contributed by atoms with Crippen molar-refractivity contribution in [1.82, 2.24) is 0 Å². The zero-order valence-electron chi connectivity index (χ0n) is 10.2. The molecule has 15 heavy (non-hydrogen) atoms. The Balaban J connectivity index is 2.03. The van der Waals surface area contributed by atoms with Gasteiger partial charge in [-0.1, -0.05) is 39.0 Å². The molecule has 1 aliphatic rings. The molecule has 0 bridgehead atoms. The summed E-state index contributed by atoms with van der Waals surface area (Å²) in [5.74, 6) is 0.639. The lowest BCUT2D eigenvalue weighted by molar-refractivity contribution is -0.0288. The van der Waals surface area contributed by atoms with E-state index in [4.69, 9.17) is 4.74 Å². The lowest BCUT2D eigenvalue weighted by atomic mass is 10.0. The molecule has 1 N–H and O–H groups in total. The molecule has 0 aliphatic heterocycles. The highest BCUT2D eigenvalue weighted by Crippen LogP contribution is 2.36. The van der Waals surface area contributed by atoms with E-state index >= 15 is 0 Å². The van der Waals surface area contributed by atoms with E-state index < -0.39 is 0 Å². The molecular formula is C13H26O2. The molecule has 2 unspecified atom stereocenters. The highest BCUT2D eigenvalue weighted by molar-refractivity contribution is 4.86. The van der Waals surface area contributed by atoms with Gasteiger partial charge in [0.2, 0.25) is 0 Å². The Bertz CT molecular complexity index is 155. The number of ether oxygens (including phenoxy) is 1. The van der Waals surface area contributed by atoms with E-state index in [0.717, 1.165) is 12.8 Å². The van der Waals surface area contributed by atoms with Gasteiger partial charge in [-0.2, -0.15) is 0 Å². The van der Waals surface area contributed by atoms with Gasteiger partial charge >= 0.3 is 0 Å². The molecule has 2 nitrogen and oxygen atoms in total. The van der Waals surface area contributed by atoms with Gasteiger partial charge in [-0.05, 0) is 25.2 Å². The highest BCUT2D eigenvalue weighted by Gasteiger charge is 2.35. The van der Waals surface area contributed by atoms with Crippen molar-refractivity contribution in [2.24, 2.45) is 5.92 Å². The van der Waals surface area contributed by atoms with Crippen molar-refractivity contribution >= 4 is 0 Å². The van der Waals surface area contributed by atoms with Crippen molar-refractivity contribution < 1.29 is 9.84 Å². The van der Waals surface area contributed by atoms with Crippen molar-refractivity contribution in [1.29, 1.82) is 0 Å². The van der Waals surface area contributed by atoms with Crippen LogP contribution in [-0.4, -0.2) is 24.4 Å². The van der Waals surface area contributed by atoms with Gasteiger partial charge in [0.1, 0.15) is 0 Å². The molecule has 0 aromatic heterocycles. The van der Waals surface area contributed by atoms with Crippen LogP contribution in [-0.2, 0) is 4.74 Å². The van der Waals surface area contributed by atoms with Crippen molar-refractivity contribution in [2.75, 3.05) is 7.11 Å². The fourth-order valence-corrected chi connectivity index (χ4v) is 2.21. The SMILES string of the molecule is CCCCCCCC(O)C(OC)C1CC1. The molecule has 0 spiro atoms. The molecule has 0 radical (unpaired) electrons. The van der Waals surface area contributed by atoms with Crippen LogP contribution < -0.4 is 0 Å². The van der Waals surface area contributed by atoms with Gasteiger partial charge in [-0.25, -0.2) is 0 Å². The van der Waals surface area contributed by atoms with Crippen LogP contribution >= 0.6 is 0 Å². The van der Waals surface area contributed by atoms with Gasteiger partial charge in [0.25, 0.3) is 0 Å². The Morgan fingerprint density at radius 3 is 2.40 bits per heavy atom. The molecule has 0 aromatic carbocycles. The summed E-state index contributed by atoms with van der Waals surface area (Å²) in [5, 5.41) is 9.95. The molecule has 2 heteroatoms. The van der Waals surface area contributed by atoms with Crippen LogP contribution in [0.15, 0.2) is 0 Å². The summed E-state index contributed by atoms with van der Waals surface area (Å²) in [6.07, 6.45) is 9.59. The molecule has 0 amide bonds. The summed E-state index contributed by atoms with van der Waals surface area (Å²) in [7, 11) is 1.73. The molecule has 1 aliphatic carbocycles. The smallest absolute Gasteiger partial charge is 0.0858 e. The minimum atomic E-state index is -0.232. The Hall–Kier alpha value is -0.0800. The molecule has 0 aromatic rings. The van der Waals surface area contributed by atoms with E-state index in [2.05, 4.69) is 6.92 Å². The van der Waals surface area contributed by atoms with Crippen molar-refractivity contribution in [2.45, 2.75) is 70.5 Å². The number of unbranched alkanes of at least 4 members (excludes halogenated alkanes) is 4. The predicted molar refractivity (Wildman–Crippen MR) is 62.9 cm³/mol. The van der Waals surface area contributed by atoms with E-state index in [-0.39, 0.29) is 12.2 Å². The molecule has 1 fully saturated rings. The van der Waals surface area contributed by atoms with E-state index in [0.29, 0.717) is 5.92 Å². The van der Waals surface area contributed by atoms with Crippen LogP contribution in [0.5, 0.6) is 0 Å². The summed E-state index contributed by atoms with van der Waals surface area (Å²) in [5.41, 5.74) is 0. The first kappa shape index (κ1) is 13.0. The van der Waals surface area contributed by atoms with Crippen LogP contribution in [0.25, 0.3) is 0 Å². The molecular weight excluding hydrogens is 188 g/mol. The maximum Gasteiger partial charge on any atom is 0.0858 e. The molecule has 2 atom stereocenters. The first-order chi connectivity index (χ1) is 7.29. The average molecular weight is 214 g/mol. The third kappa shape index (κ3) is 4.98. The quantitative estimate of drug-likeness (QED) is 0.597. The van der Waals surface area contributed by atoms with Crippen LogP contribution in [0.1, 0.15) is 58.3 Å². The first-order valence-electron chi connectivity index (χ1n) is 6.50. The first-order valence-corrected chi connectivity index (χ1v) is 6.50. The number of rotatable bonds is 9. The van der Waals surface area contributed by atoms with Crippen LogP contribution in [0.3, 0.4) is 0 Å². The van der Waals surface area contributed by atoms with Gasteiger partial charge in [0.05, 0.1) is 12.2 Å². The maximum absolute atomic E-state index is 9.95. The lowest BCUT2D eigenvalue weighted by Crippen LogP contribution is -2.29. The molecule has 1 saturated carbocycles. The zero-order chi connectivity index (χ0) is 11.1. The summed E-state index contributed by atoms with van der Waals surface area (Å²) < 4.78 is 5.36. The fourth-order valence-electron chi connectivity index (χ4n) is 2.21. The summed E-state index contributed by atoms with van der Waals surface area (Å²) in [6, 6.07) is 0. The highest BCUT2D eigenvalue weighted by atomic mass is 16.5. The topological polar surface area (TPSA) is 29.5 Å². The Kier molecular flexibility index (Phi) is 6.26. The fraction of sp³-hybridized carbons (Fsp3) is 1.00. The third-order valence-corrected chi connectivity index (χ3v) is 3.34. The molecule has 0 heterocycles. The number of hydrogen-bond donors (Lipinski definition) is 1. The minimum absolute atomic E-state index is 0.108.